The highest BCUT2D eigenvalue weighted by molar-refractivity contribution is 7.89. The highest BCUT2D eigenvalue weighted by Crippen LogP contribution is 2.20. The van der Waals surface area contributed by atoms with Crippen molar-refractivity contribution < 1.29 is 17.6 Å². The topological polar surface area (TPSA) is 109 Å². The van der Waals surface area contributed by atoms with Crippen molar-refractivity contribution in [3.63, 3.8) is 0 Å². The van der Waals surface area contributed by atoms with Gasteiger partial charge >= 0.3 is 6.03 Å². The van der Waals surface area contributed by atoms with E-state index in [0.29, 0.717) is 37.2 Å². The number of rotatable bonds is 9. The molecule has 0 fully saturated rings. The SMILES string of the molecule is CCN(CC)S(=O)(=O)c1ccc2c(c1)nnn2CCNC(=O)NCc1ccc(F)cc1. The zero-order valence-electron chi connectivity index (χ0n) is 17.4. The van der Waals surface area contributed by atoms with E-state index in [-0.39, 0.29) is 23.3 Å². The zero-order valence-corrected chi connectivity index (χ0v) is 18.2. The number of hydrogen-bond donors (Lipinski definition) is 2. The smallest absolute Gasteiger partial charge is 0.315 e. The fourth-order valence-corrected chi connectivity index (χ4v) is 4.59. The van der Waals surface area contributed by atoms with Crippen molar-refractivity contribution in [2.45, 2.75) is 31.8 Å². The molecule has 0 atom stereocenters. The third-order valence-corrected chi connectivity index (χ3v) is 6.85. The molecule has 2 amide bonds. The zero-order chi connectivity index (χ0) is 22.4. The number of benzene rings is 2. The van der Waals surface area contributed by atoms with Crippen molar-refractivity contribution in [1.29, 1.82) is 0 Å². The van der Waals surface area contributed by atoms with Crippen molar-refractivity contribution in [2.75, 3.05) is 19.6 Å². The van der Waals surface area contributed by atoms with Gasteiger partial charge in [0.2, 0.25) is 10.0 Å². The summed E-state index contributed by atoms with van der Waals surface area (Å²) in [5, 5.41) is 13.5. The monoisotopic (exact) mass is 448 g/mol. The molecule has 2 aromatic carbocycles. The largest absolute Gasteiger partial charge is 0.336 e. The molecule has 31 heavy (non-hydrogen) atoms. The van der Waals surface area contributed by atoms with E-state index in [1.807, 2.05) is 0 Å². The number of carbonyl (C=O) groups excluding carboxylic acids is 1. The van der Waals surface area contributed by atoms with Crippen LogP contribution in [0.4, 0.5) is 9.18 Å². The maximum Gasteiger partial charge on any atom is 0.315 e. The molecule has 0 unspecified atom stereocenters. The van der Waals surface area contributed by atoms with Crippen molar-refractivity contribution in [3.05, 3.63) is 53.8 Å². The summed E-state index contributed by atoms with van der Waals surface area (Å²) in [6, 6.07) is 10.2. The van der Waals surface area contributed by atoms with Crippen LogP contribution in [0.1, 0.15) is 19.4 Å². The summed E-state index contributed by atoms with van der Waals surface area (Å²) in [5.41, 5.74) is 1.93. The van der Waals surface area contributed by atoms with Crippen LogP contribution in [-0.2, 0) is 23.1 Å². The fourth-order valence-electron chi connectivity index (χ4n) is 3.11. The summed E-state index contributed by atoms with van der Waals surface area (Å²) < 4.78 is 41.2. The van der Waals surface area contributed by atoms with E-state index in [1.54, 1.807) is 42.8 Å². The lowest BCUT2D eigenvalue weighted by atomic mass is 10.2. The van der Waals surface area contributed by atoms with Crippen LogP contribution < -0.4 is 10.6 Å². The second-order valence-corrected chi connectivity index (χ2v) is 8.73. The Hall–Kier alpha value is -3.05. The molecule has 0 aliphatic rings. The lowest BCUT2D eigenvalue weighted by molar-refractivity contribution is 0.240. The molecule has 0 saturated heterocycles. The highest BCUT2D eigenvalue weighted by atomic mass is 32.2. The molecule has 2 N–H and O–H groups in total. The van der Waals surface area contributed by atoms with Gasteiger partial charge in [-0.1, -0.05) is 31.2 Å². The fraction of sp³-hybridized carbons (Fsp3) is 0.350. The molecular weight excluding hydrogens is 423 g/mol. The van der Waals surface area contributed by atoms with Gasteiger partial charge in [0, 0.05) is 26.2 Å². The van der Waals surface area contributed by atoms with Gasteiger partial charge in [-0.2, -0.15) is 4.31 Å². The summed E-state index contributed by atoms with van der Waals surface area (Å²) >= 11 is 0. The van der Waals surface area contributed by atoms with Gasteiger partial charge in [-0.3, -0.25) is 0 Å². The Bertz CT molecular complexity index is 1140. The van der Waals surface area contributed by atoms with Gasteiger partial charge in [0.15, 0.2) is 0 Å². The first-order chi connectivity index (χ1) is 14.8. The van der Waals surface area contributed by atoms with Gasteiger partial charge in [0.1, 0.15) is 11.3 Å². The van der Waals surface area contributed by atoms with E-state index in [0.717, 1.165) is 5.56 Å². The normalized spacial score (nSPS) is 11.7. The quantitative estimate of drug-likeness (QED) is 0.521. The predicted octanol–water partition coefficient (Wildman–Crippen LogP) is 2.10. The second-order valence-electron chi connectivity index (χ2n) is 6.79. The molecule has 0 saturated carbocycles. The van der Waals surface area contributed by atoms with Crippen LogP contribution in [0, 0.1) is 5.82 Å². The summed E-state index contributed by atoms with van der Waals surface area (Å²) in [7, 11) is -3.57. The highest BCUT2D eigenvalue weighted by Gasteiger charge is 2.22. The average molecular weight is 449 g/mol. The van der Waals surface area contributed by atoms with Crippen LogP contribution >= 0.6 is 0 Å². The number of urea groups is 1. The maximum atomic E-state index is 12.9. The molecule has 0 radical (unpaired) electrons. The minimum Gasteiger partial charge on any atom is -0.336 e. The Morgan fingerprint density at radius 2 is 1.81 bits per heavy atom. The minimum absolute atomic E-state index is 0.175. The number of aromatic nitrogens is 3. The summed E-state index contributed by atoms with van der Waals surface area (Å²) in [6.07, 6.45) is 0. The maximum absolute atomic E-state index is 12.9. The average Bonchev–Trinajstić information content (AvgIpc) is 3.16. The number of nitrogens with zero attached hydrogens (tertiary/aromatic N) is 4. The molecule has 3 aromatic rings. The lowest BCUT2D eigenvalue weighted by Gasteiger charge is -2.18. The summed E-state index contributed by atoms with van der Waals surface area (Å²) in [4.78, 5) is 12.1. The molecule has 1 aromatic heterocycles. The predicted molar refractivity (Wildman–Crippen MR) is 114 cm³/mol. The van der Waals surface area contributed by atoms with Crippen LogP contribution in [-0.4, -0.2) is 53.4 Å². The molecular formula is C20H25FN6O3S. The van der Waals surface area contributed by atoms with E-state index in [4.69, 9.17) is 0 Å². The third kappa shape index (κ3) is 5.36. The van der Waals surface area contributed by atoms with E-state index >= 15 is 0 Å². The standard InChI is InChI=1S/C20H25FN6O3S/c1-3-26(4-2)31(29,30)17-9-10-19-18(13-17)24-25-27(19)12-11-22-20(28)23-14-15-5-7-16(21)8-6-15/h5-10,13H,3-4,11-12,14H2,1-2H3,(H2,22,23,28). The number of hydrogen-bond acceptors (Lipinski definition) is 5. The molecule has 3 rings (SSSR count). The summed E-state index contributed by atoms with van der Waals surface area (Å²) in [5.74, 6) is -0.328. The van der Waals surface area contributed by atoms with Gasteiger partial charge in [-0.05, 0) is 35.9 Å². The Morgan fingerprint density at radius 3 is 2.48 bits per heavy atom. The molecule has 166 valence electrons. The second kappa shape index (κ2) is 9.84. The van der Waals surface area contributed by atoms with E-state index in [1.165, 1.54) is 22.5 Å². The van der Waals surface area contributed by atoms with E-state index in [9.17, 15) is 17.6 Å². The minimum atomic E-state index is -3.57. The number of fused-ring (bicyclic) bond motifs is 1. The number of halogens is 1. The van der Waals surface area contributed by atoms with Crippen LogP contribution in [0.3, 0.4) is 0 Å². The Kier molecular flexibility index (Phi) is 7.18. The van der Waals surface area contributed by atoms with Crippen molar-refractivity contribution in [2.24, 2.45) is 0 Å². The molecule has 9 nitrogen and oxygen atoms in total. The van der Waals surface area contributed by atoms with Crippen LogP contribution in [0.25, 0.3) is 11.0 Å². The van der Waals surface area contributed by atoms with Crippen molar-refractivity contribution >= 4 is 27.1 Å². The number of amides is 2. The molecule has 0 aliphatic carbocycles. The number of carbonyl (C=O) groups is 1. The van der Waals surface area contributed by atoms with E-state index < -0.39 is 10.0 Å². The number of nitrogens with one attached hydrogen (secondary N) is 2. The van der Waals surface area contributed by atoms with Crippen molar-refractivity contribution in [1.82, 2.24) is 29.9 Å². The third-order valence-electron chi connectivity index (χ3n) is 4.80. The molecule has 0 bridgehead atoms. The Labute approximate surface area is 180 Å². The van der Waals surface area contributed by atoms with Gasteiger partial charge in [0.05, 0.1) is 17.0 Å². The molecule has 0 spiro atoms. The van der Waals surface area contributed by atoms with Gasteiger partial charge in [-0.25, -0.2) is 22.3 Å². The first-order valence-electron chi connectivity index (χ1n) is 9.94. The Morgan fingerprint density at radius 1 is 1.10 bits per heavy atom. The number of sulfonamides is 1. The van der Waals surface area contributed by atoms with Crippen molar-refractivity contribution in [3.8, 4) is 0 Å². The van der Waals surface area contributed by atoms with Gasteiger partial charge in [-0.15, -0.1) is 5.10 Å². The first-order valence-corrected chi connectivity index (χ1v) is 11.4. The first kappa shape index (κ1) is 22.6. The van der Waals surface area contributed by atoms with E-state index in [2.05, 4.69) is 20.9 Å². The molecule has 0 aliphatic heterocycles. The van der Waals surface area contributed by atoms with Crippen LogP contribution in [0.2, 0.25) is 0 Å². The van der Waals surface area contributed by atoms with Gasteiger partial charge in [0.25, 0.3) is 0 Å². The van der Waals surface area contributed by atoms with Crippen LogP contribution in [0.5, 0.6) is 0 Å². The summed E-state index contributed by atoms with van der Waals surface area (Å²) in [6.45, 7) is 5.30. The molecule has 1 heterocycles. The van der Waals surface area contributed by atoms with Gasteiger partial charge < -0.3 is 10.6 Å². The van der Waals surface area contributed by atoms with Crippen LogP contribution in [0.15, 0.2) is 47.4 Å². The lowest BCUT2D eigenvalue weighted by Crippen LogP contribution is -2.36. The molecule has 11 heteroatoms. The Balaban J connectivity index is 1.57.